The molecule has 0 bridgehead atoms. The van der Waals surface area contributed by atoms with E-state index in [0.29, 0.717) is 11.1 Å². The van der Waals surface area contributed by atoms with E-state index in [4.69, 9.17) is 15.6 Å². The lowest BCUT2D eigenvalue weighted by Crippen LogP contribution is -2.64. The third kappa shape index (κ3) is 5.86. The molecule has 3 aromatic carbocycles. The van der Waals surface area contributed by atoms with Crippen LogP contribution in [0.2, 0.25) is 0 Å². The van der Waals surface area contributed by atoms with Crippen molar-refractivity contribution in [3.05, 3.63) is 95.1 Å². The molecule has 0 saturated carbocycles. The molecule has 202 valence electrons. The Balaban J connectivity index is 0.00000400. The summed E-state index contributed by atoms with van der Waals surface area (Å²) in [5.74, 6) is -2.85. The first-order chi connectivity index (χ1) is 17.4. The zero-order valence-electron chi connectivity index (χ0n) is 20.1. The van der Waals surface area contributed by atoms with Gasteiger partial charge in [-0.15, -0.1) is 12.4 Å². The minimum atomic E-state index is -4.01. The minimum absolute atomic E-state index is 0. The zero-order valence-corrected chi connectivity index (χ0v) is 21.8. The molecular weight excluding hydrogens is 542 g/mol. The highest BCUT2D eigenvalue weighted by Gasteiger charge is 2.52. The SMILES string of the molecule is CC(=O)c1ccc(OC2(c3ccc(F)cc3)CN(S(=O)(=O)c3cccc(C[C@H](N)C(=O)O)c3)C2)cc1F.Cl. The maximum absolute atomic E-state index is 14.4. The molecule has 12 heteroatoms. The largest absolute Gasteiger partial charge is 0.480 e. The van der Waals surface area contributed by atoms with Gasteiger partial charge >= 0.3 is 5.97 Å². The summed E-state index contributed by atoms with van der Waals surface area (Å²) in [6.07, 6.45) is -0.0524. The van der Waals surface area contributed by atoms with Crippen LogP contribution >= 0.6 is 12.4 Å². The zero-order chi connectivity index (χ0) is 27.0. The first kappa shape index (κ1) is 29.2. The van der Waals surface area contributed by atoms with E-state index in [1.165, 1.54) is 61.5 Å². The first-order valence-electron chi connectivity index (χ1n) is 11.2. The Morgan fingerprint density at radius 1 is 1.08 bits per heavy atom. The summed E-state index contributed by atoms with van der Waals surface area (Å²) in [6, 6.07) is 13.8. The first-order valence-corrected chi connectivity index (χ1v) is 12.7. The number of carboxylic acid groups (broad SMARTS) is 1. The number of Topliss-reactive ketones (excluding diaryl/α,β-unsaturated/α-hetero) is 1. The monoisotopic (exact) mass is 566 g/mol. The maximum Gasteiger partial charge on any atom is 0.320 e. The Bertz CT molecular complexity index is 1460. The third-order valence-corrected chi connectivity index (χ3v) is 7.96. The number of benzene rings is 3. The van der Waals surface area contributed by atoms with Crippen LogP contribution in [0.15, 0.2) is 71.6 Å². The number of ketones is 1. The Morgan fingerprint density at radius 2 is 1.74 bits per heavy atom. The molecule has 4 rings (SSSR count). The van der Waals surface area contributed by atoms with Gasteiger partial charge in [-0.3, -0.25) is 9.59 Å². The lowest BCUT2D eigenvalue weighted by Gasteiger charge is -2.48. The Morgan fingerprint density at radius 3 is 2.32 bits per heavy atom. The fourth-order valence-electron chi connectivity index (χ4n) is 4.15. The molecule has 0 unspecified atom stereocenters. The number of carboxylic acids is 1. The number of sulfonamides is 1. The van der Waals surface area contributed by atoms with Crippen LogP contribution in [0.4, 0.5) is 8.78 Å². The molecule has 3 aromatic rings. The van der Waals surface area contributed by atoms with Crippen LogP contribution in [0.1, 0.15) is 28.4 Å². The number of rotatable bonds is 9. The third-order valence-electron chi connectivity index (χ3n) is 6.18. The van der Waals surface area contributed by atoms with Gasteiger partial charge in [0.05, 0.1) is 23.5 Å². The van der Waals surface area contributed by atoms with E-state index in [2.05, 4.69) is 0 Å². The van der Waals surface area contributed by atoms with Crippen molar-refractivity contribution in [3.63, 3.8) is 0 Å². The predicted molar refractivity (Wildman–Crippen MR) is 137 cm³/mol. The number of carbonyl (C=O) groups excluding carboxylic acids is 1. The molecule has 0 aliphatic carbocycles. The van der Waals surface area contributed by atoms with Gasteiger partial charge in [0.25, 0.3) is 0 Å². The highest BCUT2D eigenvalue weighted by molar-refractivity contribution is 7.89. The normalized spacial score (nSPS) is 15.6. The van der Waals surface area contributed by atoms with Crippen LogP contribution < -0.4 is 10.5 Å². The number of hydrogen-bond donors (Lipinski definition) is 2. The van der Waals surface area contributed by atoms with Gasteiger partial charge in [-0.25, -0.2) is 17.2 Å². The second-order valence-corrected chi connectivity index (χ2v) is 10.8. The maximum atomic E-state index is 14.4. The number of nitrogens with zero attached hydrogens (tertiary/aromatic N) is 1. The number of ether oxygens (including phenoxy) is 1. The van der Waals surface area contributed by atoms with E-state index >= 15 is 0 Å². The number of hydrogen-bond acceptors (Lipinski definition) is 6. The van der Waals surface area contributed by atoms with Crippen LogP contribution in [0.3, 0.4) is 0 Å². The average molecular weight is 567 g/mol. The lowest BCUT2D eigenvalue weighted by molar-refractivity contribution is -0.138. The van der Waals surface area contributed by atoms with Crippen molar-refractivity contribution in [3.8, 4) is 5.75 Å². The number of nitrogens with two attached hydrogens (primary N) is 1. The molecule has 1 aliphatic rings. The van der Waals surface area contributed by atoms with E-state index in [1.807, 2.05) is 0 Å². The Kier molecular flexibility index (Phi) is 8.57. The molecule has 0 radical (unpaired) electrons. The van der Waals surface area contributed by atoms with Crippen LogP contribution in [-0.2, 0) is 26.8 Å². The molecule has 1 saturated heterocycles. The second-order valence-electron chi connectivity index (χ2n) is 8.87. The molecule has 1 fully saturated rings. The van der Waals surface area contributed by atoms with Gasteiger partial charge in [0, 0.05) is 6.07 Å². The smallest absolute Gasteiger partial charge is 0.320 e. The highest BCUT2D eigenvalue weighted by atomic mass is 35.5. The van der Waals surface area contributed by atoms with Crippen molar-refractivity contribution < 1.29 is 36.6 Å². The highest BCUT2D eigenvalue weighted by Crippen LogP contribution is 2.40. The van der Waals surface area contributed by atoms with Gasteiger partial charge in [-0.2, -0.15) is 4.31 Å². The van der Waals surface area contributed by atoms with Crippen LogP contribution in [-0.4, -0.2) is 48.7 Å². The second kappa shape index (κ2) is 11.2. The molecule has 1 aliphatic heterocycles. The lowest BCUT2D eigenvalue weighted by atomic mass is 9.87. The predicted octanol–water partition coefficient (Wildman–Crippen LogP) is 3.52. The van der Waals surface area contributed by atoms with E-state index < -0.39 is 45.1 Å². The molecule has 1 atom stereocenters. The summed E-state index contributed by atoms with van der Waals surface area (Å²) >= 11 is 0. The van der Waals surface area contributed by atoms with Crippen molar-refractivity contribution in [2.75, 3.05) is 13.1 Å². The van der Waals surface area contributed by atoms with E-state index in [1.54, 1.807) is 6.07 Å². The summed E-state index contributed by atoms with van der Waals surface area (Å²) in [7, 11) is -4.01. The minimum Gasteiger partial charge on any atom is -0.480 e. The van der Waals surface area contributed by atoms with Gasteiger partial charge in [-0.05, 0) is 60.9 Å². The molecule has 8 nitrogen and oxygen atoms in total. The van der Waals surface area contributed by atoms with Crippen molar-refractivity contribution in [2.24, 2.45) is 5.73 Å². The summed E-state index contributed by atoms with van der Waals surface area (Å²) in [6.45, 7) is 0.920. The van der Waals surface area contributed by atoms with Crippen LogP contribution in [0, 0.1) is 11.6 Å². The molecule has 0 aromatic heterocycles. The van der Waals surface area contributed by atoms with Crippen LogP contribution in [0.5, 0.6) is 5.75 Å². The quantitative estimate of drug-likeness (QED) is 0.379. The molecule has 38 heavy (non-hydrogen) atoms. The number of carbonyl (C=O) groups is 2. The Hall–Kier alpha value is -3.38. The Labute approximate surface area is 224 Å². The van der Waals surface area contributed by atoms with E-state index in [0.717, 1.165) is 10.4 Å². The van der Waals surface area contributed by atoms with Gasteiger partial charge < -0.3 is 15.6 Å². The van der Waals surface area contributed by atoms with Crippen LogP contribution in [0.25, 0.3) is 0 Å². The van der Waals surface area contributed by atoms with Crippen molar-refractivity contribution in [1.82, 2.24) is 4.31 Å². The van der Waals surface area contributed by atoms with Crippen molar-refractivity contribution in [2.45, 2.75) is 29.9 Å². The van der Waals surface area contributed by atoms with Crippen molar-refractivity contribution >= 4 is 34.2 Å². The summed E-state index contributed by atoms with van der Waals surface area (Å²) in [4.78, 5) is 22.6. The molecule has 3 N–H and O–H groups in total. The average Bonchev–Trinajstić information content (AvgIpc) is 2.81. The topological polar surface area (TPSA) is 127 Å². The number of aliphatic carboxylic acids is 1. The molecule has 1 heterocycles. The fourth-order valence-corrected chi connectivity index (χ4v) is 5.75. The summed E-state index contributed by atoms with van der Waals surface area (Å²) in [5.41, 5.74) is 5.15. The van der Waals surface area contributed by atoms with Gasteiger partial charge in [-0.1, -0.05) is 24.3 Å². The summed E-state index contributed by atoms with van der Waals surface area (Å²) in [5, 5.41) is 9.04. The molecule has 0 amide bonds. The van der Waals surface area contributed by atoms with Gasteiger partial charge in [0.2, 0.25) is 10.0 Å². The number of halogens is 3. The summed E-state index contributed by atoms with van der Waals surface area (Å²) < 4.78 is 61.9. The van der Waals surface area contributed by atoms with E-state index in [-0.39, 0.29) is 48.1 Å². The fraction of sp³-hybridized carbons (Fsp3) is 0.231. The standard InChI is InChI=1S/C26H24F2N2O6S.ClH/c1-16(31)22-10-9-20(13-23(22)28)36-26(18-5-7-19(27)8-6-18)14-30(15-26)37(34,35)21-4-2-3-17(11-21)12-24(29)25(32)33;/h2-11,13,24H,12,14-15,29H2,1H3,(H,32,33);1H/t24-;/m0./s1. The van der Waals surface area contributed by atoms with Gasteiger partial charge in [0.15, 0.2) is 11.4 Å². The van der Waals surface area contributed by atoms with Gasteiger partial charge in [0.1, 0.15) is 23.4 Å². The van der Waals surface area contributed by atoms with Crippen molar-refractivity contribution in [1.29, 1.82) is 0 Å². The molecule has 0 spiro atoms. The van der Waals surface area contributed by atoms with E-state index in [9.17, 15) is 26.8 Å². The molecular formula is C26H25ClF2N2O6S.